The normalized spacial score (nSPS) is 10.4. The van der Waals surface area contributed by atoms with E-state index in [1.54, 1.807) is 11.4 Å². The summed E-state index contributed by atoms with van der Waals surface area (Å²) < 4.78 is 9.89. The van der Waals surface area contributed by atoms with Crippen LogP contribution in [0.5, 0.6) is 5.75 Å². The van der Waals surface area contributed by atoms with Gasteiger partial charge in [0.15, 0.2) is 10.9 Å². The van der Waals surface area contributed by atoms with E-state index in [4.69, 9.17) is 20.8 Å². The molecule has 2 heterocycles. The van der Waals surface area contributed by atoms with Gasteiger partial charge in [-0.05, 0) is 6.07 Å². The molecule has 0 fully saturated rings. The van der Waals surface area contributed by atoms with Crippen LogP contribution in [0.3, 0.4) is 0 Å². The summed E-state index contributed by atoms with van der Waals surface area (Å²) >= 11 is 7.37. The molecular weight excluding hydrogens is 352 g/mol. The van der Waals surface area contributed by atoms with Crippen LogP contribution in [0.2, 0.25) is 5.02 Å². The van der Waals surface area contributed by atoms with Gasteiger partial charge in [0.1, 0.15) is 6.26 Å². The second-order valence-corrected chi connectivity index (χ2v) is 5.91. The maximum atomic E-state index is 12.1. The van der Waals surface area contributed by atoms with Gasteiger partial charge in [-0.25, -0.2) is 4.98 Å². The topological polar surface area (TPSA) is 81.4 Å². The number of anilines is 1. The van der Waals surface area contributed by atoms with Crippen molar-refractivity contribution in [2.24, 2.45) is 0 Å². The van der Waals surface area contributed by atoms with Crippen molar-refractivity contribution in [2.75, 3.05) is 12.4 Å². The minimum absolute atomic E-state index is 0.0294. The Morgan fingerprint density at radius 2 is 2.17 bits per heavy atom. The predicted molar refractivity (Wildman–Crippen MR) is 92.0 cm³/mol. The molecule has 3 rings (SSSR count). The quantitative estimate of drug-likeness (QED) is 0.765. The summed E-state index contributed by atoms with van der Waals surface area (Å²) in [6.45, 7) is 0. The summed E-state index contributed by atoms with van der Waals surface area (Å²) in [5.74, 6) is -0.674. The van der Waals surface area contributed by atoms with Gasteiger partial charge in [-0.2, -0.15) is 0 Å². The maximum Gasteiger partial charge on any atom is 0.293 e. The first-order valence-electron chi connectivity index (χ1n) is 6.77. The number of rotatable bonds is 4. The fourth-order valence-electron chi connectivity index (χ4n) is 1.95. The molecule has 0 saturated heterocycles. The lowest BCUT2D eigenvalue weighted by atomic mass is 10.2. The number of aromatic nitrogens is 1. The summed E-state index contributed by atoms with van der Waals surface area (Å²) in [5.41, 5.74) is 0.980. The first kappa shape index (κ1) is 16.2. The van der Waals surface area contributed by atoms with E-state index in [-0.39, 0.29) is 11.5 Å². The number of carbonyl (C=O) groups is 1. The van der Waals surface area contributed by atoms with Gasteiger partial charge in [0.25, 0.3) is 5.91 Å². The van der Waals surface area contributed by atoms with E-state index in [2.05, 4.69) is 10.3 Å². The van der Waals surface area contributed by atoms with Gasteiger partial charge >= 0.3 is 0 Å². The van der Waals surface area contributed by atoms with E-state index in [0.717, 1.165) is 17.9 Å². The number of benzene rings is 1. The van der Waals surface area contributed by atoms with Crippen molar-refractivity contribution >= 4 is 34.0 Å². The number of nitrogens with one attached hydrogen (secondary N) is 1. The number of halogens is 1. The van der Waals surface area contributed by atoms with E-state index >= 15 is 0 Å². The minimum atomic E-state index is -0.574. The number of carbonyl (C=O) groups excluding carboxylic acids is 1. The lowest BCUT2D eigenvalue weighted by molar-refractivity contribution is 0.0993. The molecule has 24 heavy (non-hydrogen) atoms. The van der Waals surface area contributed by atoms with E-state index in [9.17, 15) is 9.59 Å². The monoisotopic (exact) mass is 362 g/mol. The molecule has 0 aliphatic carbocycles. The van der Waals surface area contributed by atoms with Gasteiger partial charge in [0.2, 0.25) is 11.2 Å². The van der Waals surface area contributed by atoms with E-state index in [1.807, 2.05) is 18.2 Å². The molecule has 1 aromatic carbocycles. The van der Waals surface area contributed by atoms with Crippen LogP contribution in [0.15, 0.2) is 51.2 Å². The number of hydrogen-bond acceptors (Lipinski definition) is 6. The average Bonchev–Trinajstić information content (AvgIpc) is 3.03. The predicted octanol–water partition coefficient (Wildman–Crippen LogP) is 3.68. The zero-order valence-electron chi connectivity index (χ0n) is 12.4. The molecule has 6 nitrogen and oxygen atoms in total. The zero-order valence-corrected chi connectivity index (χ0v) is 14.0. The number of ether oxygens (including phenoxy) is 1. The summed E-state index contributed by atoms with van der Waals surface area (Å²) in [4.78, 5) is 28.1. The maximum absolute atomic E-state index is 12.1. The second kappa shape index (κ2) is 6.86. The van der Waals surface area contributed by atoms with Crippen molar-refractivity contribution in [3.8, 4) is 17.0 Å². The van der Waals surface area contributed by atoms with Crippen LogP contribution in [0, 0.1) is 0 Å². The third-order valence-corrected chi connectivity index (χ3v) is 4.20. The molecule has 0 saturated carbocycles. The average molecular weight is 363 g/mol. The Morgan fingerprint density at radius 3 is 2.88 bits per heavy atom. The Hall–Kier alpha value is -2.64. The molecule has 0 unspecified atom stereocenters. The molecule has 0 aliphatic heterocycles. The van der Waals surface area contributed by atoms with Crippen LogP contribution >= 0.6 is 22.9 Å². The second-order valence-electron chi connectivity index (χ2n) is 4.65. The molecular formula is C16H11ClN2O4S. The van der Waals surface area contributed by atoms with Crippen LogP contribution in [-0.2, 0) is 0 Å². The van der Waals surface area contributed by atoms with E-state index in [0.29, 0.717) is 15.8 Å². The van der Waals surface area contributed by atoms with Crippen molar-refractivity contribution in [1.29, 1.82) is 0 Å². The smallest absolute Gasteiger partial charge is 0.293 e. The Morgan fingerprint density at radius 1 is 1.38 bits per heavy atom. The number of thiazole rings is 1. The Bertz CT molecular complexity index is 951. The minimum Gasteiger partial charge on any atom is -0.490 e. The van der Waals surface area contributed by atoms with Crippen molar-refractivity contribution in [3.63, 3.8) is 0 Å². The van der Waals surface area contributed by atoms with Crippen molar-refractivity contribution in [2.45, 2.75) is 0 Å². The van der Waals surface area contributed by atoms with Crippen molar-refractivity contribution in [3.05, 3.63) is 63.0 Å². The van der Waals surface area contributed by atoms with Crippen LogP contribution in [0.1, 0.15) is 10.6 Å². The molecule has 8 heteroatoms. The van der Waals surface area contributed by atoms with Gasteiger partial charge < -0.3 is 9.15 Å². The van der Waals surface area contributed by atoms with Gasteiger partial charge in [0.05, 0.1) is 12.8 Å². The molecule has 3 aromatic rings. The lowest BCUT2D eigenvalue weighted by Crippen LogP contribution is -2.15. The van der Waals surface area contributed by atoms with Crippen LogP contribution in [-0.4, -0.2) is 18.0 Å². The highest BCUT2D eigenvalue weighted by atomic mass is 35.5. The number of nitrogens with zero attached hydrogens (tertiary/aromatic N) is 1. The van der Waals surface area contributed by atoms with Gasteiger partial charge in [-0.15, -0.1) is 11.3 Å². The van der Waals surface area contributed by atoms with Crippen LogP contribution in [0.4, 0.5) is 5.13 Å². The highest BCUT2D eigenvalue weighted by Crippen LogP contribution is 2.30. The highest BCUT2D eigenvalue weighted by Gasteiger charge is 2.14. The number of amides is 1. The van der Waals surface area contributed by atoms with Crippen molar-refractivity contribution in [1.82, 2.24) is 4.98 Å². The van der Waals surface area contributed by atoms with Gasteiger partial charge in [-0.1, -0.05) is 29.8 Å². The number of methoxy groups -OCH3 is 1. The molecule has 2 aromatic heterocycles. The van der Waals surface area contributed by atoms with Gasteiger partial charge in [0, 0.05) is 22.0 Å². The third kappa shape index (κ3) is 3.32. The Labute approximate surface area is 145 Å². The zero-order chi connectivity index (χ0) is 17.1. The molecule has 0 spiro atoms. The summed E-state index contributed by atoms with van der Waals surface area (Å²) in [5, 5.41) is 5.30. The molecule has 0 bridgehead atoms. The van der Waals surface area contributed by atoms with E-state index in [1.165, 1.54) is 18.4 Å². The van der Waals surface area contributed by atoms with Gasteiger partial charge in [-0.3, -0.25) is 14.9 Å². The highest BCUT2D eigenvalue weighted by molar-refractivity contribution is 7.14. The first-order valence-corrected chi connectivity index (χ1v) is 8.03. The number of hydrogen-bond donors (Lipinski definition) is 1. The van der Waals surface area contributed by atoms with Crippen molar-refractivity contribution < 1.29 is 13.9 Å². The standard InChI is InChI=1S/C16H11ClN2O4S/c1-22-14-7-23-13(6-12(14)20)15(21)19-16-18-11(8-24-16)9-4-2-3-5-10(9)17/h2-8H,1H3,(H,18,19,21). The van der Waals surface area contributed by atoms with Crippen LogP contribution < -0.4 is 15.5 Å². The third-order valence-electron chi connectivity index (χ3n) is 3.12. The Balaban J connectivity index is 1.80. The molecule has 122 valence electrons. The SMILES string of the molecule is COc1coc(C(=O)Nc2nc(-c3ccccc3Cl)cs2)cc1=O. The summed E-state index contributed by atoms with van der Waals surface area (Å²) in [6, 6.07) is 8.35. The molecule has 1 N–H and O–H groups in total. The summed E-state index contributed by atoms with van der Waals surface area (Å²) in [6.07, 6.45) is 1.09. The molecule has 0 aliphatic rings. The van der Waals surface area contributed by atoms with Crippen LogP contribution in [0.25, 0.3) is 11.3 Å². The van der Waals surface area contributed by atoms with E-state index < -0.39 is 11.3 Å². The lowest BCUT2D eigenvalue weighted by Gasteiger charge is -2.02. The molecule has 1 amide bonds. The molecule has 0 radical (unpaired) electrons. The largest absolute Gasteiger partial charge is 0.490 e. The Kier molecular flexibility index (Phi) is 4.64. The first-order chi connectivity index (χ1) is 11.6. The fraction of sp³-hybridized carbons (Fsp3) is 0.0625. The summed E-state index contributed by atoms with van der Waals surface area (Å²) in [7, 11) is 1.35. The molecule has 0 atom stereocenters. The fourth-order valence-corrected chi connectivity index (χ4v) is 2.89.